The van der Waals surface area contributed by atoms with E-state index >= 15 is 0 Å². The van der Waals surface area contributed by atoms with Gasteiger partial charge in [-0.05, 0) is 24.3 Å². The average molecular weight is 370 g/mol. The van der Waals surface area contributed by atoms with Gasteiger partial charge in [0.15, 0.2) is 12.4 Å². The number of rotatable bonds is 7. The number of halogens is 1. The fraction of sp³-hybridized carbons (Fsp3) is 0.211. The first kappa shape index (κ1) is 18.4. The van der Waals surface area contributed by atoms with Gasteiger partial charge in [-0.1, -0.05) is 30.3 Å². The molecule has 0 atom stereocenters. The van der Waals surface area contributed by atoms with Gasteiger partial charge in [-0.15, -0.1) is 5.10 Å². The lowest BCUT2D eigenvalue weighted by Gasteiger charge is -2.07. The third-order valence-electron chi connectivity index (χ3n) is 3.90. The van der Waals surface area contributed by atoms with Crippen LogP contribution in [0.2, 0.25) is 0 Å². The molecule has 3 rings (SSSR count). The van der Waals surface area contributed by atoms with Crippen molar-refractivity contribution >= 4 is 5.91 Å². The number of nitrogens with zero attached hydrogens (tertiary/aromatic N) is 3. The van der Waals surface area contributed by atoms with Crippen LogP contribution in [0.15, 0.2) is 59.4 Å². The van der Waals surface area contributed by atoms with Crippen molar-refractivity contribution in [2.24, 2.45) is 7.05 Å². The minimum Gasteiger partial charge on any atom is -0.484 e. The third kappa shape index (κ3) is 4.60. The maximum atomic E-state index is 12.8. The number of hydrogen-bond acceptors (Lipinski definition) is 4. The molecule has 0 radical (unpaired) electrons. The molecule has 0 saturated carbocycles. The number of ether oxygens (including phenoxy) is 1. The zero-order valence-electron chi connectivity index (χ0n) is 14.8. The molecule has 27 heavy (non-hydrogen) atoms. The van der Waals surface area contributed by atoms with Crippen LogP contribution in [-0.2, 0) is 18.4 Å². The highest BCUT2D eigenvalue weighted by Crippen LogP contribution is 2.13. The second-order valence-electron chi connectivity index (χ2n) is 5.85. The van der Waals surface area contributed by atoms with Gasteiger partial charge in [0.25, 0.3) is 5.91 Å². The Hall–Kier alpha value is -3.42. The first-order valence-corrected chi connectivity index (χ1v) is 8.39. The molecule has 0 aliphatic heterocycles. The van der Waals surface area contributed by atoms with Gasteiger partial charge >= 0.3 is 5.69 Å². The lowest BCUT2D eigenvalue weighted by molar-refractivity contribution is -0.123. The molecule has 1 heterocycles. The topological polar surface area (TPSA) is 78.2 Å². The molecule has 1 aromatic heterocycles. The largest absolute Gasteiger partial charge is 0.484 e. The van der Waals surface area contributed by atoms with E-state index < -0.39 is 0 Å². The Kier molecular flexibility index (Phi) is 5.65. The quantitative estimate of drug-likeness (QED) is 0.685. The van der Waals surface area contributed by atoms with E-state index in [0.29, 0.717) is 11.6 Å². The molecule has 0 aliphatic carbocycles. The summed E-state index contributed by atoms with van der Waals surface area (Å²) >= 11 is 0. The summed E-state index contributed by atoms with van der Waals surface area (Å²) < 4.78 is 20.9. The van der Waals surface area contributed by atoms with Crippen LogP contribution in [0.25, 0.3) is 11.4 Å². The average Bonchev–Trinajstić information content (AvgIpc) is 2.97. The van der Waals surface area contributed by atoms with Crippen molar-refractivity contribution in [3.63, 3.8) is 0 Å². The van der Waals surface area contributed by atoms with Crippen molar-refractivity contribution in [1.82, 2.24) is 19.7 Å². The van der Waals surface area contributed by atoms with E-state index in [0.717, 1.165) is 5.56 Å². The van der Waals surface area contributed by atoms with Crippen LogP contribution in [0.4, 0.5) is 4.39 Å². The molecule has 0 aliphatic rings. The highest BCUT2D eigenvalue weighted by atomic mass is 19.1. The molecule has 1 N–H and O–H groups in total. The maximum Gasteiger partial charge on any atom is 0.345 e. The fourth-order valence-electron chi connectivity index (χ4n) is 2.50. The van der Waals surface area contributed by atoms with Gasteiger partial charge in [-0.3, -0.25) is 9.36 Å². The predicted molar refractivity (Wildman–Crippen MR) is 97.8 cm³/mol. The number of aromatic nitrogens is 3. The minimum absolute atomic E-state index is 0.196. The van der Waals surface area contributed by atoms with E-state index in [1.807, 2.05) is 30.3 Å². The van der Waals surface area contributed by atoms with Crippen molar-refractivity contribution in [2.75, 3.05) is 13.2 Å². The van der Waals surface area contributed by atoms with Crippen molar-refractivity contribution in [3.05, 3.63) is 70.9 Å². The first-order valence-electron chi connectivity index (χ1n) is 8.39. The zero-order chi connectivity index (χ0) is 19.2. The molecule has 8 heteroatoms. The van der Waals surface area contributed by atoms with Crippen LogP contribution in [0, 0.1) is 5.82 Å². The summed E-state index contributed by atoms with van der Waals surface area (Å²) in [4.78, 5) is 24.1. The predicted octanol–water partition coefficient (Wildman–Crippen LogP) is 1.58. The molecule has 140 valence electrons. The standard InChI is InChI=1S/C19H19FN4O3/c1-23-18(14-5-3-2-4-6-14)22-24(19(23)26)12-11-21-17(25)13-27-16-9-7-15(20)8-10-16/h2-10H,11-13H2,1H3,(H,21,25). The lowest BCUT2D eigenvalue weighted by Crippen LogP contribution is -2.34. The first-order chi connectivity index (χ1) is 13.0. The summed E-state index contributed by atoms with van der Waals surface area (Å²) in [6.07, 6.45) is 0. The van der Waals surface area contributed by atoms with Crippen LogP contribution in [-0.4, -0.2) is 33.4 Å². The van der Waals surface area contributed by atoms with Crippen LogP contribution in [0.5, 0.6) is 5.75 Å². The number of hydrogen-bond donors (Lipinski definition) is 1. The second kappa shape index (κ2) is 8.31. The fourth-order valence-corrected chi connectivity index (χ4v) is 2.50. The van der Waals surface area contributed by atoms with Gasteiger partial charge in [0.2, 0.25) is 0 Å². The van der Waals surface area contributed by atoms with Crippen molar-refractivity contribution in [3.8, 4) is 17.1 Å². The van der Waals surface area contributed by atoms with Gasteiger partial charge < -0.3 is 10.1 Å². The Morgan fingerprint density at radius 2 is 1.85 bits per heavy atom. The molecule has 0 saturated heterocycles. The van der Waals surface area contributed by atoms with E-state index in [4.69, 9.17) is 4.74 Å². The van der Waals surface area contributed by atoms with E-state index in [1.165, 1.54) is 33.5 Å². The van der Waals surface area contributed by atoms with Crippen LogP contribution < -0.4 is 15.7 Å². The summed E-state index contributed by atoms with van der Waals surface area (Å²) in [5, 5.41) is 6.99. The molecular formula is C19H19FN4O3. The Labute approximate surface area is 155 Å². The Morgan fingerprint density at radius 1 is 1.15 bits per heavy atom. The summed E-state index contributed by atoms with van der Waals surface area (Å²) in [5.41, 5.74) is 0.582. The zero-order valence-corrected chi connectivity index (χ0v) is 14.8. The van der Waals surface area contributed by atoms with Crippen LogP contribution in [0.1, 0.15) is 0 Å². The van der Waals surface area contributed by atoms with Crippen LogP contribution in [0.3, 0.4) is 0 Å². The lowest BCUT2D eigenvalue weighted by atomic mass is 10.2. The van der Waals surface area contributed by atoms with Gasteiger partial charge in [-0.25, -0.2) is 13.9 Å². The Morgan fingerprint density at radius 3 is 2.56 bits per heavy atom. The highest BCUT2D eigenvalue weighted by Gasteiger charge is 2.12. The number of carbonyl (C=O) groups is 1. The van der Waals surface area contributed by atoms with E-state index in [9.17, 15) is 14.0 Å². The highest BCUT2D eigenvalue weighted by molar-refractivity contribution is 5.77. The van der Waals surface area contributed by atoms with E-state index in [1.54, 1.807) is 7.05 Å². The maximum absolute atomic E-state index is 12.8. The molecule has 0 bridgehead atoms. The van der Waals surface area contributed by atoms with Crippen molar-refractivity contribution < 1.29 is 13.9 Å². The Balaban J connectivity index is 1.52. The smallest absolute Gasteiger partial charge is 0.345 e. The van der Waals surface area contributed by atoms with E-state index in [2.05, 4.69) is 10.4 Å². The molecule has 1 amide bonds. The molecule has 0 spiro atoms. The third-order valence-corrected chi connectivity index (χ3v) is 3.90. The van der Waals surface area contributed by atoms with Crippen molar-refractivity contribution in [1.29, 1.82) is 0 Å². The summed E-state index contributed by atoms with van der Waals surface area (Å²) in [6.45, 7) is 0.274. The summed E-state index contributed by atoms with van der Waals surface area (Å²) in [6, 6.07) is 14.8. The molecule has 7 nitrogen and oxygen atoms in total. The summed E-state index contributed by atoms with van der Waals surface area (Å²) in [7, 11) is 1.66. The van der Waals surface area contributed by atoms with E-state index in [-0.39, 0.29) is 37.1 Å². The van der Waals surface area contributed by atoms with Gasteiger partial charge in [-0.2, -0.15) is 0 Å². The normalized spacial score (nSPS) is 10.6. The second-order valence-corrected chi connectivity index (χ2v) is 5.85. The number of carbonyl (C=O) groups excluding carboxylic acids is 1. The molecule has 2 aromatic carbocycles. The molecular weight excluding hydrogens is 351 g/mol. The molecule has 0 unspecified atom stereocenters. The molecule has 3 aromatic rings. The van der Waals surface area contributed by atoms with Crippen LogP contribution >= 0.6 is 0 Å². The van der Waals surface area contributed by atoms with Crippen molar-refractivity contribution in [2.45, 2.75) is 6.54 Å². The van der Waals surface area contributed by atoms with Gasteiger partial charge in [0, 0.05) is 19.2 Å². The summed E-state index contributed by atoms with van der Waals surface area (Å²) in [5.74, 6) is 0.251. The SMILES string of the molecule is Cn1c(-c2ccccc2)nn(CCNC(=O)COc2ccc(F)cc2)c1=O. The number of benzene rings is 2. The monoisotopic (exact) mass is 370 g/mol. The number of amides is 1. The minimum atomic E-state index is -0.373. The van der Waals surface area contributed by atoms with Gasteiger partial charge in [0.1, 0.15) is 11.6 Å². The number of nitrogens with one attached hydrogen (secondary N) is 1. The molecule has 0 fully saturated rings. The Bertz CT molecular complexity index is 965. The van der Waals surface area contributed by atoms with Gasteiger partial charge in [0.05, 0.1) is 6.54 Å².